The van der Waals surface area contributed by atoms with E-state index in [9.17, 15) is 4.79 Å². The first kappa shape index (κ1) is 12.5. The van der Waals surface area contributed by atoms with Crippen LogP contribution in [-0.4, -0.2) is 11.7 Å². The van der Waals surface area contributed by atoms with E-state index in [1.807, 2.05) is 6.07 Å². The van der Waals surface area contributed by atoms with E-state index in [1.165, 1.54) is 0 Å². The molecule has 0 aromatic heterocycles. The van der Waals surface area contributed by atoms with E-state index >= 15 is 0 Å². The normalized spacial score (nSPS) is 10.1. The summed E-state index contributed by atoms with van der Waals surface area (Å²) in [6, 6.07) is 5.33. The lowest BCUT2D eigenvalue weighted by Crippen LogP contribution is -2.12. The van der Waals surface area contributed by atoms with Crippen LogP contribution in [0.25, 0.3) is 0 Å². The third-order valence-electron chi connectivity index (χ3n) is 2.21. The van der Waals surface area contributed by atoms with Crippen molar-refractivity contribution in [3.63, 3.8) is 0 Å². The van der Waals surface area contributed by atoms with Crippen LogP contribution < -0.4 is 11.5 Å². The Morgan fingerprint density at radius 2 is 2.06 bits per heavy atom. The molecule has 1 rings (SSSR count). The zero-order valence-electron chi connectivity index (χ0n) is 8.79. The number of nitrogens with one attached hydrogen (secondary N) is 1. The molecule has 0 aliphatic heterocycles. The summed E-state index contributed by atoms with van der Waals surface area (Å²) in [7, 11) is 0. The van der Waals surface area contributed by atoms with Crippen molar-refractivity contribution in [1.82, 2.24) is 0 Å². The number of nitrogen functional groups attached to an aromatic ring is 1. The van der Waals surface area contributed by atoms with E-state index in [-0.39, 0.29) is 11.7 Å². The van der Waals surface area contributed by atoms with Crippen LogP contribution in [0.5, 0.6) is 0 Å². The molecule has 0 atom stereocenters. The van der Waals surface area contributed by atoms with Gasteiger partial charge in [0, 0.05) is 12.0 Å². The second kappa shape index (κ2) is 5.51. The Kier molecular flexibility index (Phi) is 4.31. The molecule has 1 aromatic carbocycles. The number of aryl methyl sites for hydroxylation is 1. The number of carbonyl (C=O) groups excluding carboxylic acids is 1. The van der Waals surface area contributed by atoms with Crippen molar-refractivity contribution in [2.45, 2.75) is 19.3 Å². The Morgan fingerprint density at radius 3 is 2.62 bits per heavy atom. The molecule has 0 fully saturated rings. The fourth-order valence-corrected chi connectivity index (χ4v) is 1.62. The molecule has 4 nitrogen and oxygen atoms in total. The average Bonchev–Trinajstić information content (AvgIpc) is 2.19. The van der Waals surface area contributed by atoms with Crippen LogP contribution in [0.4, 0.5) is 0 Å². The van der Waals surface area contributed by atoms with Crippen LogP contribution in [0, 0.1) is 5.41 Å². The van der Waals surface area contributed by atoms with Crippen molar-refractivity contribution in [1.29, 1.82) is 5.41 Å². The quantitative estimate of drug-likeness (QED) is 0.536. The standard InChI is InChI=1S/C11H14ClN3O/c12-9-5-4-7(2-1-3-10(13)16)6-8(9)11(14)15/h4-6H,1-3H2,(H2,13,16)(H3,14,15). The fraction of sp³-hybridized carbons (Fsp3) is 0.273. The fourth-order valence-electron chi connectivity index (χ4n) is 1.40. The maximum atomic E-state index is 10.6. The minimum Gasteiger partial charge on any atom is -0.384 e. The summed E-state index contributed by atoms with van der Waals surface area (Å²) in [5, 5.41) is 7.80. The zero-order chi connectivity index (χ0) is 12.1. The van der Waals surface area contributed by atoms with Crippen molar-refractivity contribution in [3.05, 3.63) is 34.3 Å². The van der Waals surface area contributed by atoms with Crippen LogP contribution in [0.2, 0.25) is 5.02 Å². The van der Waals surface area contributed by atoms with E-state index in [4.69, 9.17) is 28.5 Å². The Balaban J connectivity index is 2.71. The SMILES string of the molecule is N=C(N)c1cc(CCCC(N)=O)ccc1Cl. The molecular formula is C11H14ClN3O. The number of halogens is 1. The molecule has 86 valence electrons. The third-order valence-corrected chi connectivity index (χ3v) is 2.54. The highest BCUT2D eigenvalue weighted by atomic mass is 35.5. The van der Waals surface area contributed by atoms with Gasteiger partial charge in [0.25, 0.3) is 0 Å². The molecule has 0 bridgehead atoms. The molecular weight excluding hydrogens is 226 g/mol. The summed E-state index contributed by atoms with van der Waals surface area (Å²) < 4.78 is 0. The number of hydrogen-bond donors (Lipinski definition) is 3. The number of rotatable bonds is 5. The first-order valence-corrected chi connectivity index (χ1v) is 5.29. The molecule has 1 amide bonds. The number of benzene rings is 1. The number of carbonyl (C=O) groups is 1. The Hall–Kier alpha value is -1.55. The molecule has 5 N–H and O–H groups in total. The van der Waals surface area contributed by atoms with Crippen LogP contribution in [-0.2, 0) is 11.2 Å². The minimum atomic E-state index is -0.305. The molecule has 1 aromatic rings. The highest BCUT2D eigenvalue weighted by Gasteiger charge is 2.05. The molecule has 5 heteroatoms. The molecule has 0 aliphatic rings. The Labute approximate surface area is 99.1 Å². The van der Waals surface area contributed by atoms with Gasteiger partial charge in [-0.1, -0.05) is 17.7 Å². The van der Waals surface area contributed by atoms with Crippen molar-refractivity contribution < 1.29 is 4.79 Å². The van der Waals surface area contributed by atoms with Crippen molar-refractivity contribution in [3.8, 4) is 0 Å². The van der Waals surface area contributed by atoms with Crippen molar-refractivity contribution in [2.75, 3.05) is 0 Å². The second-order valence-electron chi connectivity index (χ2n) is 3.55. The monoisotopic (exact) mass is 239 g/mol. The number of nitrogens with two attached hydrogens (primary N) is 2. The Bertz CT molecular complexity index is 418. The second-order valence-corrected chi connectivity index (χ2v) is 3.95. The van der Waals surface area contributed by atoms with Crippen molar-refractivity contribution in [2.24, 2.45) is 11.5 Å². The minimum absolute atomic E-state index is 0.0539. The predicted molar refractivity (Wildman–Crippen MR) is 64.6 cm³/mol. The van der Waals surface area contributed by atoms with E-state index < -0.39 is 0 Å². The zero-order valence-corrected chi connectivity index (χ0v) is 9.55. The maximum absolute atomic E-state index is 10.6. The van der Waals surface area contributed by atoms with E-state index in [2.05, 4.69) is 0 Å². The molecule has 0 unspecified atom stereocenters. The van der Waals surface area contributed by atoms with Gasteiger partial charge in [0.2, 0.25) is 5.91 Å². The first-order valence-electron chi connectivity index (χ1n) is 4.92. The van der Waals surface area contributed by atoms with Gasteiger partial charge in [-0.3, -0.25) is 10.2 Å². The highest BCUT2D eigenvalue weighted by molar-refractivity contribution is 6.33. The maximum Gasteiger partial charge on any atom is 0.217 e. The van der Waals surface area contributed by atoms with E-state index in [0.29, 0.717) is 23.4 Å². The van der Waals surface area contributed by atoms with Gasteiger partial charge in [-0.15, -0.1) is 0 Å². The summed E-state index contributed by atoms with van der Waals surface area (Å²) in [4.78, 5) is 10.6. The summed E-state index contributed by atoms with van der Waals surface area (Å²) in [5.74, 6) is -0.359. The number of primary amides is 1. The van der Waals surface area contributed by atoms with Gasteiger partial charge in [0.1, 0.15) is 5.84 Å². The van der Waals surface area contributed by atoms with Gasteiger partial charge in [0.05, 0.1) is 5.02 Å². The summed E-state index contributed by atoms with van der Waals surface area (Å²) in [5.41, 5.74) is 12.0. The summed E-state index contributed by atoms with van der Waals surface area (Å²) >= 11 is 5.88. The molecule has 0 heterocycles. The lowest BCUT2D eigenvalue weighted by atomic mass is 10.0. The number of hydrogen-bond acceptors (Lipinski definition) is 2. The Morgan fingerprint density at radius 1 is 1.38 bits per heavy atom. The number of amides is 1. The van der Waals surface area contributed by atoms with Gasteiger partial charge >= 0.3 is 0 Å². The molecule has 0 aliphatic carbocycles. The highest BCUT2D eigenvalue weighted by Crippen LogP contribution is 2.18. The lowest BCUT2D eigenvalue weighted by Gasteiger charge is -2.05. The summed E-state index contributed by atoms with van der Waals surface area (Å²) in [6.07, 6.45) is 1.77. The average molecular weight is 240 g/mol. The predicted octanol–water partition coefficient (Wildman–Crippen LogP) is 1.43. The van der Waals surface area contributed by atoms with E-state index in [1.54, 1.807) is 12.1 Å². The molecule has 0 spiro atoms. The molecule has 0 saturated carbocycles. The van der Waals surface area contributed by atoms with Gasteiger partial charge in [-0.25, -0.2) is 0 Å². The van der Waals surface area contributed by atoms with Crippen LogP contribution >= 0.6 is 11.6 Å². The first-order chi connectivity index (χ1) is 7.50. The third kappa shape index (κ3) is 3.55. The van der Waals surface area contributed by atoms with E-state index in [0.717, 1.165) is 12.0 Å². The van der Waals surface area contributed by atoms with Gasteiger partial charge in [-0.2, -0.15) is 0 Å². The molecule has 0 radical (unpaired) electrons. The van der Waals surface area contributed by atoms with Gasteiger partial charge < -0.3 is 11.5 Å². The van der Waals surface area contributed by atoms with Crippen molar-refractivity contribution >= 4 is 23.3 Å². The van der Waals surface area contributed by atoms with Crippen LogP contribution in [0.3, 0.4) is 0 Å². The lowest BCUT2D eigenvalue weighted by molar-refractivity contribution is -0.118. The van der Waals surface area contributed by atoms with Crippen LogP contribution in [0.1, 0.15) is 24.0 Å². The summed E-state index contributed by atoms with van der Waals surface area (Å²) in [6.45, 7) is 0. The number of amidine groups is 1. The van der Waals surface area contributed by atoms with Gasteiger partial charge in [-0.05, 0) is 30.5 Å². The van der Waals surface area contributed by atoms with Gasteiger partial charge in [0.15, 0.2) is 0 Å². The molecule has 0 saturated heterocycles. The van der Waals surface area contributed by atoms with Crippen LogP contribution in [0.15, 0.2) is 18.2 Å². The largest absolute Gasteiger partial charge is 0.384 e. The topological polar surface area (TPSA) is 93.0 Å². The smallest absolute Gasteiger partial charge is 0.217 e. The molecule has 16 heavy (non-hydrogen) atoms.